The van der Waals surface area contributed by atoms with Gasteiger partial charge < -0.3 is 4.74 Å². The van der Waals surface area contributed by atoms with Gasteiger partial charge in [-0.3, -0.25) is 4.79 Å². The summed E-state index contributed by atoms with van der Waals surface area (Å²) in [7, 11) is 0. The minimum Gasteiger partial charge on any atom is -0.494 e. The first-order valence-corrected chi connectivity index (χ1v) is 7.48. The van der Waals surface area contributed by atoms with E-state index in [0.717, 1.165) is 34.9 Å². The predicted molar refractivity (Wildman–Crippen MR) is 84.5 cm³/mol. The monoisotopic (exact) mass is 332 g/mol. The van der Waals surface area contributed by atoms with Gasteiger partial charge in [-0.05, 0) is 43.5 Å². The van der Waals surface area contributed by atoms with Crippen LogP contribution in [-0.4, -0.2) is 12.9 Å². The average molecular weight is 333 g/mol. The molecule has 104 valence electrons. The molecule has 2 aromatic carbocycles. The van der Waals surface area contributed by atoms with Crippen LogP contribution in [0.3, 0.4) is 0 Å². The fraction of sp³-hybridized carbons (Fsp3) is 0.235. The molecule has 0 bridgehead atoms. The van der Waals surface area contributed by atoms with Crippen LogP contribution in [0.15, 0.2) is 46.9 Å². The third-order valence-electron chi connectivity index (χ3n) is 3.15. The Morgan fingerprint density at radius 3 is 2.65 bits per heavy atom. The Morgan fingerprint density at radius 1 is 1.15 bits per heavy atom. The lowest BCUT2D eigenvalue weighted by atomic mass is 9.99. The smallest absolute Gasteiger partial charge is 0.150 e. The molecule has 2 aromatic rings. The van der Waals surface area contributed by atoms with Gasteiger partial charge in [0.1, 0.15) is 12.0 Å². The first kappa shape index (κ1) is 14.8. The number of rotatable bonds is 6. The van der Waals surface area contributed by atoms with Crippen molar-refractivity contribution in [3.8, 4) is 5.75 Å². The molecule has 0 spiro atoms. The largest absolute Gasteiger partial charge is 0.494 e. The van der Waals surface area contributed by atoms with E-state index in [0.29, 0.717) is 12.2 Å². The van der Waals surface area contributed by atoms with Crippen molar-refractivity contribution in [1.82, 2.24) is 0 Å². The summed E-state index contributed by atoms with van der Waals surface area (Å²) in [5.41, 5.74) is 2.94. The molecule has 0 saturated carbocycles. The van der Waals surface area contributed by atoms with Gasteiger partial charge in [0.25, 0.3) is 0 Å². The van der Waals surface area contributed by atoms with Gasteiger partial charge >= 0.3 is 0 Å². The molecule has 0 radical (unpaired) electrons. The summed E-state index contributed by atoms with van der Waals surface area (Å²) < 4.78 is 6.70. The van der Waals surface area contributed by atoms with E-state index in [4.69, 9.17) is 4.74 Å². The molecule has 0 amide bonds. The predicted octanol–water partition coefficient (Wildman–Crippen LogP) is 4.45. The molecule has 0 heterocycles. The third kappa shape index (κ3) is 3.70. The van der Waals surface area contributed by atoms with Crippen molar-refractivity contribution in [3.63, 3.8) is 0 Å². The second-order valence-electron chi connectivity index (χ2n) is 4.50. The van der Waals surface area contributed by atoms with E-state index in [1.807, 2.05) is 37.3 Å². The van der Waals surface area contributed by atoms with Crippen LogP contribution in [0.2, 0.25) is 0 Å². The number of aldehydes is 1. The zero-order chi connectivity index (χ0) is 14.4. The van der Waals surface area contributed by atoms with Crippen LogP contribution in [0, 0.1) is 0 Å². The van der Waals surface area contributed by atoms with E-state index in [2.05, 4.69) is 28.1 Å². The number of benzene rings is 2. The third-order valence-corrected chi connectivity index (χ3v) is 3.64. The number of carbonyl (C=O) groups is 1. The highest BCUT2D eigenvalue weighted by molar-refractivity contribution is 9.10. The van der Waals surface area contributed by atoms with Crippen molar-refractivity contribution in [2.45, 2.75) is 19.8 Å². The highest BCUT2D eigenvalue weighted by Gasteiger charge is 2.09. The molecule has 0 unspecified atom stereocenters. The Morgan fingerprint density at radius 2 is 1.95 bits per heavy atom. The van der Waals surface area contributed by atoms with E-state index in [-0.39, 0.29) is 0 Å². The average Bonchev–Trinajstić information content (AvgIpc) is 2.46. The molecule has 0 N–H and O–H groups in total. The molecular weight excluding hydrogens is 316 g/mol. The number of hydrogen-bond donors (Lipinski definition) is 0. The first-order chi connectivity index (χ1) is 9.74. The molecule has 0 aliphatic carbocycles. The van der Waals surface area contributed by atoms with Gasteiger partial charge in [-0.1, -0.05) is 40.2 Å². The molecule has 3 heteroatoms. The van der Waals surface area contributed by atoms with Gasteiger partial charge in [0.05, 0.1) is 6.61 Å². The van der Waals surface area contributed by atoms with Crippen molar-refractivity contribution in [3.05, 3.63) is 63.6 Å². The van der Waals surface area contributed by atoms with E-state index >= 15 is 0 Å². The minimum atomic E-state index is 0.603. The number of ether oxygens (including phenoxy) is 1. The van der Waals surface area contributed by atoms with E-state index in [1.165, 1.54) is 5.56 Å². The van der Waals surface area contributed by atoms with Gasteiger partial charge in [0.2, 0.25) is 0 Å². The van der Waals surface area contributed by atoms with Gasteiger partial charge in [0, 0.05) is 15.6 Å². The number of hydrogen-bond acceptors (Lipinski definition) is 2. The first-order valence-electron chi connectivity index (χ1n) is 6.69. The van der Waals surface area contributed by atoms with Crippen molar-refractivity contribution >= 4 is 22.2 Å². The lowest BCUT2D eigenvalue weighted by molar-refractivity contribution is 0.112. The summed E-state index contributed by atoms with van der Waals surface area (Å²) in [5.74, 6) is 0.812. The summed E-state index contributed by atoms with van der Waals surface area (Å²) in [6, 6.07) is 13.8. The van der Waals surface area contributed by atoms with Crippen molar-refractivity contribution < 1.29 is 9.53 Å². The molecule has 0 atom stereocenters. The maximum Gasteiger partial charge on any atom is 0.150 e. The van der Waals surface area contributed by atoms with Crippen LogP contribution in [0.25, 0.3) is 0 Å². The summed E-state index contributed by atoms with van der Waals surface area (Å²) in [5, 5.41) is 0. The Kier molecular flexibility index (Phi) is 5.36. The van der Waals surface area contributed by atoms with E-state index in [9.17, 15) is 4.79 Å². The van der Waals surface area contributed by atoms with Crippen molar-refractivity contribution in [1.29, 1.82) is 0 Å². The molecular formula is C17H17BrO2. The molecule has 20 heavy (non-hydrogen) atoms. The van der Waals surface area contributed by atoms with Crippen molar-refractivity contribution in [2.24, 2.45) is 0 Å². The van der Waals surface area contributed by atoms with Crippen LogP contribution >= 0.6 is 15.9 Å². The summed E-state index contributed by atoms with van der Waals surface area (Å²) in [4.78, 5) is 11.2. The maximum atomic E-state index is 11.2. The standard InChI is InChI=1S/C17H17BrO2/c1-2-20-17-8-4-6-14(12-19)16(17)10-9-13-5-3-7-15(18)11-13/h3-8,11-12H,2,9-10H2,1H3. The normalized spacial score (nSPS) is 10.3. The van der Waals surface area contributed by atoms with Gasteiger partial charge in [-0.2, -0.15) is 0 Å². The van der Waals surface area contributed by atoms with E-state index in [1.54, 1.807) is 0 Å². The number of carbonyl (C=O) groups excluding carboxylic acids is 1. The zero-order valence-electron chi connectivity index (χ0n) is 11.4. The van der Waals surface area contributed by atoms with Crippen molar-refractivity contribution in [2.75, 3.05) is 6.61 Å². The zero-order valence-corrected chi connectivity index (χ0v) is 13.0. The summed E-state index contributed by atoms with van der Waals surface area (Å²) >= 11 is 3.47. The van der Waals surface area contributed by atoms with Crippen LogP contribution in [0.5, 0.6) is 5.75 Å². The Balaban J connectivity index is 2.21. The SMILES string of the molecule is CCOc1cccc(C=O)c1CCc1cccc(Br)c1. The van der Waals surface area contributed by atoms with Crippen LogP contribution in [0.1, 0.15) is 28.4 Å². The highest BCUT2D eigenvalue weighted by atomic mass is 79.9. The second kappa shape index (κ2) is 7.25. The second-order valence-corrected chi connectivity index (χ2v) is 5.42. The van der Waals surface area contributed by atoms with E-state index < -0.39 is 0 Å². The summed E-state index contributed by atoms with van der Waals surface area (Å²) in [6.07, 6.45) is 2.57. The number of halogens is 1. The van der Waals surface area contributed by atoms with Gasteiger partial charge in [0.15, 0.2) is 0 Å². The Bertz CT molecular complexity index is 593. The molecule has 0 aliphatic rings. The molecule has 0 aliphatic heterocycles. The Hall–Kier alpha value is -1.61. The fourth-order valence-corrected chi connectivity index (χ4v) is 2.66. The molecule has 0 saturated heterocycles. The van der Waals surface area contributed by atoms with Crippen LogP contribution < -0.4 is 4.74 Å². The molecule has 2 nitrogen and oxygen atoms in total. The van der Waals surface area contributed by atoms with Gasteiger partial charge in [-0.25, -0.2) is 0 Å². The molecule has 0 fully saturated rings. The lowest BCUT2D eigenvalue weighted by Gasteiger charge is -2.12. The lowest BCUT2D eigenvalue weighted by Crippen LogP contribution is -2.02. The van der Waals surface area contributed by atoms with Crippen LogP contribution in [-0.2, 0) is 12.8 Å². The van der Waals surface area contributed by atoms with Gasteiger partial charge in [-0.15, -0.1) is 0 Å². The fourth-order valence-electron chi connectivity index (χ4n) is 2.21. The van der Waals surface area contributed by atoms with Crippen LogP contribution in [0.4, 0.5) is 0 Å². The maximum absolute atomic E-state index is 11.2. The molecule has 0 aromatic heterocycles. The summed E-state index contributed by atoms with van der Waals surface area (Å²) in [6.45, 7) is 2.55. The molecule has 2 rings (SSSR count). The minimum absolute atomic E-state index is 0.603. The Labute approximate surface area is 127 Å². The topological polar surface area (TPSA) is 26.3 Å². The highest BCUT2D eigenvalue weighted by Crippen LogP contribution is 2.24. The quantitative estimate of drug-likeness (QED) is 0.730. The number of aryl methyl sites for hydroxylation is 1.